The summed E-state index contributed by atoms with van der Waals surface area (Å²) in [5.41, 5.74) is 4.60. The Morgan fingerprint density at radius 1 is 1.09 bits per heavy atom. The first-order valence-corrected chi connectivity index (χ1v) is 12.1. The standard InChI is InChI=1S/C25H27BrN4O2/c26-17-8-9-22-19(14-17)20-15-23(31)28-21-7-3-2-6-18(21)25(20)30(22)16-24(32)27-10-13-29-11-4-1-5-12-29/h2-3,6-9,14H,1,4-5,10-13,15-16H2,(H,27,32)(H,28,31). The molecular weight excluding hydrogens is 468 g/mol. The van der Waals surface area contributed by atoms with Crippen LogP contribution in [-0.2, 0) is 22.6 Å². The lowest BCUT2D eigenvalue weighted by atomic mass is 10.0. The monoisotopic (exact) mass is 494 g/mol. The first kappa shape index (κ1) is 21.2. The van der Waals surface area contributed by atoms with Crippen LogP contribution in [0.4, 0.5) is 5.69 Å². The zero-order chi connectivity index (χ0) is 22.1. The number of piperidine rings is 1. The van der Waals surface area contributed by atoms with Gasteiger partial charge < -0.3 is 20.1 Å². The topological polar surface area (TPSA) is 66.4 Å². The molecule has 0 bridgehead atoms. The normalized spacial score (nSPS) is 16.2. The zero-order valence-electron chi connectivity index (χ0n) is 18.0. The molecule has 2 aromatic carbocycles. The molecule has 2 amide bonds. The minimum absolute atomic E-state index is 0.00866. The molecule has 5 rings (SSSR count). The van der Waals surface area contributed by atoms with Crippen LogP contribution >= 0.6 is 15.9 Å². The number of amides is 2. The van der Waals surface area contributed by atoms with Gasteiger partial charge in [0.25, 0.3) is 0 Å². The fraction of sp³-hybridized carbons (Fsp3) is 0.360. The minimum atomic E-state index is -0.0405. The van der Waals surface area contributed by atoms with Crippen molar-refractivity contribution in [2.24, 2.45) is 0 Å². The summed E-state index contributed by atoms with van der Waals surface area (Å²) in [6.07, 6.45) is 4.08. The molecule has 0 spiro atoms. The number of fused-ring (bicyclic) bond motifs is 5. The summed E-state index contributed by atoms with van der Waals surface area (Å²) in [6.45, 7) is 4.01. The molecule has 1 saturated heterocycles. The second kappa shape index (κ2) is 9.08. The summed E-state index contributed by atoms with van der Waals surface area (Å²) in [5.74, 6) is -0.0492. The lowest BCUT2D eigenvalue weighted by Gasteiger charge is -2.26. The van der Waals surface area contributed by atoms with Crippen molar-refractivity contribution in [3.63, 3.8) is 0 Å². The molecule has 0 unspecified atom stereocenters. The van der Waals surface area contributed by atoms with Gasteiger partial charge in [-0.15, -0.1) is 0 Å². The summed E-state index contributed by atoms with van der Waals surface area (Å²) in [7, 11) is 0. The van der Waals surface area contributed by atoms with Crippen molar-refractivity contribution < 1.29 is 9.59 Å². The number of likely N-dealkylation sites (tertiary alicyclic amines) is 1. The first-order chi connectivity index (χ1) is 15.6. The SMILES string of the molecule is O=C(Cn1c2c(c3cc(Br)ccc31)CC(=O)Nc1ccccc1-2)NCCN1CCCCC1. The number of carbonyl (C=O) groups excluding carboxylic acids is 2. The summed E-state index contributed by atoms with van der Waals surface area (Å²) in [4.78, 5) is 28.0. The Balaban J connectivity index is 1.47. The van der Waals surface area contributed by atoms with E-state index in [1.54, 1.807) is 0 Å². The van der Waals surface area contributed by atoms with Crippen molar-refractivity contribution in [2.45, 2.75) is 32.2 Å². The summed E-state index contributed by atoms with van der Waals surface area (Å²) in [6, 6.07) is 13.9. The molecule has 32 heavy (non-hydrogen) atoms. The van der Waals surface area contributed by atoms with Crippen LogP contribution < -0.4 is 10.6 Å². The molecule has 2 aliphatic rings. The highest BCUT2D eigenvalue weighted by Crippen LogP contribution is 2.40. The van der Waals surface area contributed by atoms with Gasteiger partial charge in [-0.1, -0.05) is 40.5 Å². The van der Waals surface area contributed by atoms with E-state index in [2.05, 4.69) is 36.0 Å². The van der Waals surface area contributed by atoms with E-state index < -0.39 is 0 Å². The van der Waals surface area contributed by atoms with Crippen LogP contribution in [0.25, 0.3) is 22.2 Å². The van der Waals surface area contributed by atoms with Crippen LogP contribution in [-0.4, -0.2) is 47.5 Å². The Bertz CT molecular complexity index is 1180. The van der Waals surface area contributed by atoms with Gasteiger partial charge >= 0.3 is 0 Å². The van der Waals surface area contributed by atoms with Gasteiger partial charge in [0.2, 0.25) is 11.8 Å². The number of carbonyl (C=O) groups is 2. The van der Waals surface area contributed by atoms with Crippen LogP contribution in [0.15, 0.2) is 46.9 Å². The van der Waals surface area contributed by atoms with E-state index in [1.807, 2.05) is 42.5 Å². The van der Waals surface area contributed by atoms with Gasteiger partial charge in [-0.25, -0.2) is 0 Å². The van der Waals surface area contributed by atoms with E-state index in [0.29, 0.717) is 6.54 Å². The van der Waals surface area contributed by atoms with Gasteiger partial charge in [-0.2, -0.15) is 0 Å². The third kappa shape index (κ3) is 4.19. The molecule has 3 heterocycles. The Morgan fingerprint density at radius 3 is 2.75 bits per heavy atom. The highest BCUT2D eigenvalue weighted by Gasteiger charge is 2.26. The van der Waals surface area contributed by atoms with Crippen molar-refractivity contribution in [2.75, 3.05) is 31.5 Å². The number of aromatic nitrogens is 1. The lowest BCUT2D eigenvalue weighted by molar-refractivity contribution is -0.121. The second-order valence-electron chi connectivity index (χ2n) is 8.60. The molecule has 1 aromatic heterocycles. The number of rotatable bonds is 5. The molecule has 6 nitrogen and oxygen atoms in total. The van der Waals surface area contributed by atoms with E-state index in [-0.39, 0.29) is 24.8 Å². The predicted octanol–water partition coefficient (Wildman–Crippen LogP) is 4.17. The maximum atomic E-state index is 13.0. The van der Waals surface area contributed by atoms with Gasteiger partial charge in [0, 0.05) is 34.0 Å². The number of hydrogen-bond acceptors (Lipinski definition) is 3. The van der Waals surface area contributed by atoms with Crippen LogP contribution in [0.5, 0.6) is 0 Å². The molecule has 0 saturated carbocycles. The zero-order valence-corrected chi connectivity index (χ0v) is 19.6. The average molecular weight is 495 g/mol. The van der Waals surface area contributed by atoms with E-state index >= 15 is 0 Å². The van der Waals surface area contributed by atoms with Crippen molar-refractivity contribution in [3.05, 3.63) is 52.5 Å². The van der Waals surface area contributed by atoms with Crippen LogP contribution in [0, 0.1) is 0 Å². The number of benzene rings is 2. The van der Waals surface area contributed by atoms with Gasteiger partial charge in [-0.3, -0.25) is 9.59 Å². The van der Waals surface area contributed by atoms with Gasteiger partial charge in [-0.05, 0) is 55.8 Å². The summed E-state index contributed by atoms with van der Waals surface area (Å²) in [5, 5.41) is 7.12. The summed E-state index contributed by atoms with van der Waals surface area (Å²) < 4.78 is 3.01. The molecular formula is C25H27BrN4O2. The van der Waals surface area contributed by atoms with E-state index in [4.69, 9.17) is 0 Å². The number of nitrogens with one attached hydrogen (secondary N) is 2. The Morgan fingerprint density at radius 2 is 1.91 bits per heavy atom. The highest BCUT2D eigenvalue weighted by atomic mass is 79.9. The number of halogens is 1. The molecule has 0 atom stereocenters. The maximum Gasteiger partial charge on any atom is 0.240 e. The number of para-hydroxylation sites is 1. The fourth-order valence-electron chi connectivity index (χ4n) is 4.94. The maximum absolute atomic E-state index is 13.0. The molecule has 3 aromatic rings. The number of nitrogens with zero attached hydrogens (tertiary/aromatic N) is 2. The summed E-state index contributed by atoms with van der Waals surface area (Å²) >= 11 is 3.56. The van der Waals surface area contributed by atoms with Crippen molar-refractivity contribution in [1.82, 2.24) is 14.8 Å². The molecule has 7 heteroatoms. The highest BCUT2D eigenvalue weighted by molar-refractivity contribution is 9.10. The molecule has 2 N–H and O–H groups in total. The van der Waals surface area contributed by atoms with E-state index in [1.165, 1.54) is 19.3 Å². The average Bonchev–Trinajstić information content (AvgIpc) is 2.97. The molecule has 2 aliphatic heterocycles. The third-order valence-corrected chi connectivity index (χ3v) is 6.92. The number of anilines is 1. The Hall–Kier alpha value is -2.64. The first-order valence-electron chi connectivity index (χ1n) is 11.3. The number of hydrogen-bond donors (Lipinski definition) is 2. The van der Waals surface area contributed by atoms with Gasteiger partial charge in [0.1, 0.15) is 6.54 Å². The van der Waals surface area contributed by atoms with Crippen molar-refractivity contribution in [3.8, 4) is 11.3 Å². The Labute approximate surface area is 196 Å². The molecule has 0 radical (unpaired) electrons. The Kier molecular flexibility index (Phi) is 6.02. The smallest absolute Gasteiger partial charge is 0.240 e. The van der Waals surface area contributed by atoms with Crippen LogP contribution in [0.2, 0.25) is 0 Å². The molecule has 0 aliphatic carbocycles. The van der Waals surface area contributed by atoms with Crippen molar-refractivity contribution in [1.29, 1.82) is 0 Å². The van der Waals surface area contributed by atoms with Crippen LogP contribution in [0.3, 0.4) is 0 Å². The second-order valence-corrected chi connectivity index (χ2v) is 9.51. The van der Waals surface area contributed by atoms with E-state index in [0.717, 1.165) is 57.5 Å². The lowest BCUT2D eigenvalue weighted by Crippen LogP contribution is -2.38. The quantitative estimate of drug-likeness (QED) is 0.559. The van der Waals surface area contributed by atoms with Gasteiger partial charge in [0.15, 0.2) is 0 Å². The van der Waals surface area contributed by atoms with E-state index in [9.17, 15) is 9.59 Å². The van der Waals surface area contributed by atoms with Gasteiger partial charge in [0.05, 0.1) is 17.8 Å². The minimum Gasteiger partial charge on any atom is -0.353 e. The van der Waals surface area contributed by atoms with Crippen molar-refractivity contribution >= 4 is 44.3 Å². The predicted molar refractivity (Wildman–Crippen MR) is 131 cm³/mol. The third-order valence-electron chi connectivity index (χ3n) is 6.42. The molecule has 1 fully saturated rings. The molecule has 166 valence electrons. The van der Waals surface area contributed by atoms with Crippen LogP contribution in [0.1, 0.15) is 24.8 Å². The fourth-order valence-corrected chi connectivity index (χ4v) is 5.30. The largest absolute Gasteiger partial charge is 0.353 e.